The second kappa shape index (κ2) is 4.37. The maximum Gasteiger partial charge on any atom is 0.230 e. The zero-order valence-electron chi connectivity index (χ0n) is 11.1. The first-order valence-electron chi connectivity index (χ1n) is 6.88. The van der Waals surface area contributed by atoms with Crippen LogP contribution in [0.15, 0.2) is 0 Å². The van der Waals surface area contributed by atoms with Crippen molar-refractivity contribution >= 4 is 11.9 Å². The van der Waals surface area contributed by atoms with Gasteiger partial charge < -0.3 is 10.6 Å². The maximum atomic E-state index is 5.81. The molecule has 1 aromatic heterocycles. The average Bonchev–Trinajstić information content (AvgIpc) is 3.10. The van der Waals surface area contributed by atoms with Gasteiger partial charge in [-0.15, -0.1) is 0 Å². The molecular weight excluding hydrogens is 226 g/mol. The molecule has 2 atom stereocenters. The highest BCUT2D eigenvalue weighted by atomic mass is 15.3. The molecule has 2 unspecified atom stereocenters. The summed E-state index contributed by atoms with van der Waals surface area (Å²) in [6.07, 6.45) is 3.66. The number of hydrogen-bond acceptors (Lipinski definition) is 5. The van der Waals surface area contributed by atoms with E-state index in [1.807, 2.05) is 0 Å². The van der Waals surface area contributed by atoms with Gasteiger partial charge in [-0.3, -0.25) is 0 Å². The van der Waals surface area contributed by atoms with Gasteiger partial charge in [-0.1, -0.05) is 13.8 Å². The predicted molar refractivity (Wildman–Crippen MR) is 71.4 cm³/mol. The lowest BCUT2D eigenvalue weighted by Crippen LogP contribution is -2.40. The summed E-state index contributed by atoms with van der Waals surface area (Å²) in [5.41, 5.74) is 5.81. The number of aromatic nitrogens is 3. The molecule has 2 heterocycles. The quantitative estimate of drug-likeness (QED) is 0.863. The maximum absolute atomic E-state index is 5.81. The minimum atomic E-state index is 0.368. The zero-order chi connectivity index (χ0) is 12.7. The average molecular weight is 247 g/mol. The monoisotopic (exact) mass is 247 g/mol. The van der Waals surface area contributed by atoms with Crippen LogP contribution in [-0.2, 0) is 0 Å². The molecule has 1 aliphatic heterocycles. The summed E-state index contributed by atoms with van der Waals surface area (Å²) in [5, 5.41) is 0. The van der Waals surface area contributed by atoms with Crippen LogP contribution < -0.4 is 10.6 Å². The van der Waals surface area contributed by atoms with Crippen molar-refractivity contribution in [2.24, 2.45) is 11.8 Å². The smallest absolute Gasteiger partial charge is 0.230 e. The summed E-state index contributed by atoms with van der Waals surface area (Å²) >= 11 is 0. The number of hydrogen-bond donors (Lipinski definition) is 1. The SMILES string of the molecule is CC1CC(C)CN(c2nc(N)nc(C3CC3)n2)C1. The molecule has 1 aliphatic carbocycles. The number of piperidine rings is 1. The van der Waals surface area contributed by atoms with Crippen LogP contribution in [0.1, 0.15) is 44.9 Å². The van der Waals surface area contributed by atoms with Crippen molar-refractivity contribution in [3.05, 3.63) is 5.82 Å². The molecule has 1 saturated heterocycles. The Balaban J connectivity index is 1.86. The van der Waals surface area contributed by atoms with Crippen molar-refractivity contribution in [3.63, 3.8) is 0 Å². The molecule has 2 N–H and O–H groups in total. The van der Waals surface area contributed by atoms with Crippen molar-refractivity contribution in [3.8, 4) is 0 Å². The predicted octanol–water partition coefficient (Wildman–Crippen LogP) is 1.81. The van der Waals surface area contributed by atoms with Crippen LogP contribution in [0.3, 0.4) is 0 Å². The van der Waals surface area contributed by atoms with Crippen molar-refractivity contribution in [1.29, 1.82) is 0 Å². The van der Waals surface area contributed by atoms with E-state index in [1.54, 1.807) is 0 Å². The second-order valence-electron chi connectivity index (χ2n) is 5.98. The van der Waals surface area contributed by atoms with E-state index in [0.29, 0.717) is 23.7 Å². The first kappa shape index (κ1) is 11.7. The topological polar surface area (TPSA) is 67.9 Å². The first-order valence-corrected chi connectivity index (χ1v) is 6.88. The van der Waals surface area contributed by atoms with Crippen molar-refractivity contribution < 1.29 is 0 Å². The highest BCUT2D eigenvalue weighted by Crippen LogP contribution is 2.38. The minimum absolute atomic E-state index is 0.368. The molecule has 2 aliphatic rings. The second-order valence-corrected chi connectivity index (χ2v) is 5.98. The molecule has 1 saturated carbocycles. The van der Waals surface area contributed by atoms with Gasteiger partial charge >= 0.3 is 0 Å². The minimum Gasteiger partial charge on any atom is -0.368 e. The van der Waals surface area contributed by atoms with Gasteiger partial charge in [-0.25, -0.2) is 0 Å². The van der Waals surface area contributed by atoms with Crippen molar-refractivity contribution in [1.82, 2.24) is 15.0 Å². The van der Waals surface area contributed by atoms with Crippen molar-refractivity contribution in [2.75, 3.05) is 23.7 Å². The normalized spacial score (nSPS) is 28.4. The fraction of sp³-hybridized carbons (Fsp3) is 0.769. The highest BCUT2D eigenvalue weighted by molar-refractivity contribution is 5.36. The van der Waals surface area contributed by atoms with Crippen LogP contribution in [0.25, 0.3) is 0 Å². The van der Waals surface area contributed by atoms with E-state index < -0.39 is 0 Å². The molecule has 1 aromatic rings. The summed E-state index contributed by atoms with van der Waals surface area (Å²) < 4.78 is 0. The Morgan fingerprint density at radius 2 is 1.72 bits per heavy atom. The lowest BCUT2D eigenvalue weighted by Gasteiger charge is -2.35. The van der Waals surface area contributed by atoms with Gasteiger partial charge in [0.2, 0.25) is 11.9 Å². The van der Waals surface area contributed by atoms with Gasteiger partial charge in [0.05, 0.1) is 0 Å². The van der Waals surface area contributed by atoms with E-state index in [9.17, 15) is 0 Å². The van der Waals surface area contributed by atoms with Crippen molar-refractivity contribution in [2.45, 2.75) is 39.0 Å². The Bertz CT molecular complexity index is 433. The Morgan fingerprint density at radius 3 is 2.33 bits per heavy atom. The summed E-state index contributed by atoms with van der Waals surface area (Å²) in [6, 6.07) is 0. The van der Waals surface area contributed by atoms with E-state index in [0.717, 1.165) is 24.9 Å². The molecule has 5 nitrogen and oxygen atoms in total. The fourth-order valence-corrected chi connectivity index (χ4v) is 2.89. The van der Waals surface area contributed by atoms with E-state index in [4.69, 9.17) is 5.73 Å². The Hall–Kier alpha value is -1.39. The number of rotatable bonds is 2. The van der Waals surface area contributed by atoms with E-state index in [-0.39, 0.29) is 0 Å². The van der Waals surface area contributed by atoms with Crippen LogP contribution in [0.2, 0.25) is 0 Å². The molecule has 18 heavy (non-hydrogen) atoms. The zero-order valence-corrected chi connectivity index (χ0v) is 11.1. The number of nitrogens with zero attached hydrogens (tertiary/aromatic N) is 4. The lowest BCUT2D eigenvalue weighted by molar-refractivity contribution is 0.353. The lowest BCUT2D eigenvalue weighted by atomic mass is 9.92. The standard InChI is InChI=1S/C13H21N5/c1-8-5-9(2)7-18(6-8)13-16-11(10-3-4-10)15-12(14)17-13/h8-10H,3-7H2,1-2H3,(H2,14,15,16,17). The van der Waals surface area contributed by atoms with Crippen LogP contribution in [0.4, 0.5) is 11.9 Å². The van der Waals surface area contributed by atoms with Crippen LogP contribution in [0, 0.1) is 11.8 Å². The van der Waals surface area contributed by atoms with Gasteiger partial charge in [0.1, 0.15) is 5.82 Å². The van der Waals surface area contributed by atoms with E-state index in [1.165, 1.54) is 19.3 Å². The molecule has 2 fully saturated rings. The number of nitrogen functional groups attached to an aromatic ring is 1. The van der Waals surface area contributed by atoms with Gasteiger partial charge in [0.15, 0.2) is 0 Å². The molecular formula is C13H21N5. The third kappa shape index (κ3) is 2.40. The molecule has 0 amide bonds. The van der Waals surface area contributed by atoms with Gasteiger partial charge in [0.25, 0.3) is 0 Å². The summed E-state index contributed by atoms with van der Waals surface area (Å²) in [6.45, 7) is 6.62. The first-order chi connectivity index (χ1) is 8.61. The molecule has 0 aromatic carbocycles. The van der Waals surface area contributed by atoms with Gasteiger partial charge in [-0.2, -0.15) is 15.0 Å². The largest absolute Gasteiger partial charge is 0.368 e. The van der Waals surface area contributed by atoms with Gasteiger partial charge in [0, 0.05) is 19.0 Å². The van der Waals surface area contributed by atoms with E-state index in [2.05, 4.69) is 33.7 Å². The molecule has 0 spiro atoms. The summed E-state index contributed by atoms with van der Waals surface area (Å²) in [7, 11) is 0. The molecule has 5 heteroatoms. The van der Waals surface area contributed by atoms with E-state index >= 15 is 0 Å². The molecule has 98 valence electrons. The van der Waals surface area contributed by atoms with Crippen LogP contribution >= 0.6 is 0 Å². The Morgan fingerprint density at radius 1 is 1.06 bits per heavy atom. The third-order valence-corrected chi connectivity index (χ3v) is 3.75. The number of anilines is 2. The third-order valence-electron chi connectivity index (χ3n) is 3.75. The highest BCUT2D eigenvalue weighted by Gasteiger charge is 2.29. The summed E-state index contributed by atoms with van der Waals surface area (Å²) in [4.78, 5) is 15.5. The molecule has 0 radical (unpaired) electrons. The molecule has 0 bridgehead atoms. The Kier molecular flexibility index (Phi) is 2.84. The Labute approximate surface area is 108 Å². The van der Waals surface area contributed by atoms with Gasteiger partial charge in [-0.05, 0) is 31.1 Å². The summed E-state index contributed by atoms with van der Waals surface area (Å²) in [5.74, 6) is 3.94. The fourth-order valence-electron chi connectivity index (χ4n) is 2.89. The molecule has 3 rings (SSSR count). The number of nitrogens with two attached hydrogens (primary N) is 1. The van der Waals surface area contributed by atoms with Crippen LogP contribution in [-0.4, -0.2) is 28.0 Å². The van der Waals surface area contributed by atoms with Crippen LogP contribution in [0.5, 0.6) is 0 Å².